The van der Waals surface area contributed by atoms with Crippen LogP contribution in [0, 0.1) is 0 Å². The second-order valence-electron chi connectivity index (χ2n) is 7.48. The maximum Gasteiger partial charge on any atom is 0.321 e. The fraction of sp³-hybridized carbons (Fsp3) is 0.261. The molecule has 4 heteroatoms. The molecular formula is C23H23N3O. The molecule has 0 unspecified atom stereocenters. The summed E-state index contributed by atoms with van der Waals surface area (Å²) in [4.78, 5) is 17.0. The highest BCUT2D eigenvalue weighted by Crippen LogP contribution is 2.31. The molecule has 1 saturated heterocycles. The van der Waals surface area contributed by atoms with Crippen molar-refractivity contribution in [1.82, 2.24) is 4.90 Å². The van der Waals surface area contributed by atoms with E-state index >= 15 is 0 Å². The number of amides is 2. The zero-order chi connectivity index (χ0) is 18.2. The molecule has 2 heterocycles. The van der Waals surface area contributed by atoms with Crippen molar-refractivity contribution in [3.8, 4) is 0 Å². The van der Waals surface area contributed by atoms with Crippen molar-refractivity contribution in [2.45, 2.75) is 18.9 Å². The molecule has 0 aliphatic carbocycles. The van der Waals surface area contributed by atoms with Crippen molar-refractivity contribution < 1.29 is 4.79 Å². The van der Waals surface area contributed by atoms with Gasteiger partial charge < -0.3 is 15.1 Å². The van der Waals surface area contributed by atoms with Gasteiger partial charge in [0.25, 0.3) is 0 Å². The van der Waals surface area contributed by atoms with Crippen molar-refractivity contribution in [3.63, 3.8) is 0 Å². The second kappa shape index (κ2) is 6.62. The highest BCUT2D eigenvalue weighted by molar-refractivity contribution is 5.94. The van der Waals surface area contributed by atoms with Gasteiger partial charge in [-0.25, -0.2) is 4.79 Å². The molecule has 2 amide bonds. The molecule has 1 fully saturated rings. The summed E-state index contributed by atoms with van der Waals surface area (Å²) in [5.74, 6) is 0. The highest BCUT2D eigenvalue weighted by Gasteiger charge is 2.36. The SMILES string of the molecule is O=C(Nc1ccc2ccccc2c1)N1CC(N2CCCc3ccccc32)C1. The molecule has 0 saturated carbocycles. The third-order valence-electron chi connectivity index (χ3n) is 5.74. The Bertz CT molecular complexity index is 994. The number of carbonyl (C=O) groups is 1. The normalized spacial score (nSPS) is 16.7. The van der Waals surface area contributed by atoms with Crippen LogP contribution in [-0.2, 0) is 6.42 Å². The molecule has 4 nitrogen and oxygen atoms in total. The van der Waals surface area contributed by atoms with Crippen molar-refractivity contribution in [2.75, 3.05) is 29.9 Å². The molecule has 0 aromatic heterocycles. The van der Waals surface area contributed by atoms with Crippen LogP contribution < -0.4 is 10.2 Å². The monoisotopic (exact) mass is 357 g/mol. The van der Waals surface area contributed by atoms with Crippen LogP contribution in [0.15, 0.2) is 66.7 Å². The fourth-order valence-corrected chi connectivity index (χ4v) is 4.23. The van der Waals surface area contributed by atoms with E-state index in [-0.39, 0.29) is 6.03 Å². The van der Waals surface area contributed by atoms with Crippen LogP contribution in [0.3, 0.4) is 0 Å². The topological polar surface area (TPSA) is 35.6 Å². The second-order valence-corrected chi connectivity index (χ2v) is 7.48. The minimum Gasteiger partial charge on any atom is -0.365 e. The summed E-state index contributed by atoms with van der Waals surface area (Å²) in [5.41, 5.74) is 3.64. The summed E-state index contributed by atoms with van der Waals surface area (Å²) >= 11 is 0. The summed E-state index contributed by atoms with van der Waals surface area (Å²) < 4.78 is 0. The van der Waals surface area contributed by atoms with E-state index in [1.54, 1.807) is 0 Å². The first-order valence-electron chi connectivity index (χ1n) is 9.67. The maximum atomic E-state index is 12.6. The van der Waals surface area contributed by atoms with Gasteiger partial charge in [-0.1, -0.05) is 48.5 Å². The van der Waals surface area contributed by atoms with E-state index in [1.165, 1.54) is 23.1 Å². The number of fused-ring (bicyclic) bond motifs is 2. The van der Waals surface area contributed by atoms with Gasteiger partial charge in [0.1, 0.15) is 0 Å². The Hall–Kier alpha value is -3.01. The number of rotatable bonds is 2. The van der Waals surface area contributed by atoms with Crippen LogP contribution in [-0.4, -0.2) is 36.6 Å². The molecule has 5 rings (SSSR count). The van der Waals surface area contributed by atoms with Gasteiger partial charge in [0, 0.05) is 31.0 Å². The fourth-order valence-electron chi connectivity index (χ4n) is 4.23. The number of hydrogen-bond donors (Lipinski definition) is 1. The predicted octanol–water partition coefficient (Wildman–Crippen LogP) is 4.51. The van der Waals surface area contributed by atoms with Gasteiger partial charge in [0.05, 0.1) is 6.04 Å². The minimum absolute atomic E-state index is 0.00757. The average molecular weight is 357 g/mol. The van der Waals surface area contributed by atoms with Gasteiger partial charge in [-0.15, -0.1) is 0 Å². The van der Waals surface area contributed by atoms with Gasteiger partial charge in [0.2, 0.25) is 0 Å². The van der Waals surface area contributed by atoms with Crippen molar-refractivity contribution in [1.29, 1.82) is 0 Å². The number of nitrogens with zero attached hydrogens (tertiary/aromatic N) is 2. The van der Waals surface area contributed by atoms with Gasteiger partial charge in [-0.05, 0) is 47.4 Å². The maximum absolute atomic E-state index is 12.6. The predicted molar refractivity (Wildman–Crippen MR) is 110 cm³/mol. The van der Waals surface area contributed by atoms with E-state index in [1.807, 2.05) is 29.2 Å². The minimum atomic E-state index is -0.00757. The molecule has 3 aromatic rings. The van der Waals surface area contributed by atoms with Crippen LogP contribution in [0.5, 0.6) is 0 Å². The Morgan fingerprint density at radius 2 is 1.70 bits per heavy atom. The largest absolute Gasteiger partial charge is 0.365 e. The molecule has 0 radical (unpaired) electrons. The number of nitrogens with one attached hydrogen (secondary N) is 1. The molecule has 2 aliphatic heterocycles. The highest BCUT2D eigenvalue weighted by atomic mass is 16.2. The lowest BCUT2D eigenvalue weighted by molar-refractivity contribution is 0.160. The van der Waals surface area contributed by atoms with Gasteiger partial charge in [-0.3, -0.25) is 0 Å². The average Bonchev–Trinajstić information content (AvgIpc) is 2.67. The van der Waals surface area contributed by atoms with Gasteiger partial charge in [0.15, 0.2) is 0 Å². The van der Waals surface area contributed by atoms with Crippen molar-refractivity contribution in [2.24, 2.45) is 0 Å². The van der Waals surface area contributed by atoms with E-state index in [0.29, 0.717) is 6.04 Å². The van der Waals surface area contributed by atoms with Crippen LogP contribution in [0.4, 0.5) is 16.2 Å². The molecule has 136 valence electrons. The smallest absolute Gasteiger partial charge is 0.321 e. The number of para-hydroxylation sites is 1. The van der Waals surface area contributed by atoms with E-state index in [0.717, 1.165) is 37.1 Å². The molecule has 0 spiro atoms. The number of benzene rings is 3. The van der Waals surface area contributed by atoms with Crippen LogP contribution >= 0.6 is 0 Å². The van der Waals surface area contributed by atoms with Gasteiger partial charge in [-0.2, -0.15) is 0 Å². The Kier molecular flexibility index (Phi) is 3.97. The van der Waals surface area contributed by atoms with E-state index in [9.17, 15) is 4.79 Å². The number of likely N-dealkylation sites (tertiary alicyclic amines) is 1. The lowest BCUT2D eigenvalue weighted by Crippen LogP contribution is -2.62. The van der Waals surface area contributed by atoms with Crippen molar-refractivity contribution >= 4 is 28.2 Å². The number of urea groups is 1. The van der Waals surface area contributed by atoms with Crippen LogP contribution in [0.25, 0.3) is 10.8 Å². The Balaban J connectivity index is 1.24. The lowest BCUT2D eigenvalue weighted by atomic mass is 9.97. The molecular weight excluding hydrogens is 334 g/mol. The van der Waals surface area contributed by atoms with Crippen molar-refractivity contribution in [3.05, 3.63) is 72.3 Å². The Morgan fingerprint density at radius 1 is 0.926 bits per heavy atom. The standard InChI is InChI=1S/C23H23N3O/c27-23(24-20-12-11-17-6-1-2-8-19(17)14-20)25-15-21(16-25)26-13-5-9-18-7-3-4-10-22(18)26/h1-4,6-8,10-12,14,21H,5,9,13,15-16H2,(H,24,27). The number of anilines is 2. The number of hydrogen-bond acceptors (Lipinski definition) is 2. The zero-order valence-electron chi connectivity index (χ0n) is 15.3. The zero-order valence-corrected chi connectivity index (χ0v) is 15.3. The summed E-state index contributed by atoms with van der Waals surface area (Å²) in [6.07, 6.45) is 2.35. The number of carbonyl (C=O) groups excluding carboxylic acids is 1. The molecule has 27 heavy (non-hydrogen) atoms. The summed E-state index contributed by atoms with van der Waals surface area (Å²) in [5, 5.41) is 5.37. The first kappa shape index (κ1) is 16.2. The van der Waals surface area contributed by atoms with Crippen LogP contribution in [0.2, 0.25) is 0 Å². The molecule has 0 atom stereocenters. The Morgan fingerprint density at radius 3 is 2.59 bits per heavy atom. The number of aryl methyl sites for hydroxylation is 1. The first-order chi connectivity index (χ1) is 13.3. The van der Waals surface area contributed by atoms with Gasteiger partial charge >= 0.3 is 6.03 Å². The summed E-state index contributed by atoms with van der Waals surface area (Å²) in [7, 11) is 0. The van der Waals surface area contributed by atoms with E-state index in [2.05, 4.69) is 52.7 Å². The first-order valence-corrected chi connectivity index (χ1v) is 9.67. The summed E-state index contributed by atoms with van der Waals surface area (Å²) in [6, 6.07) is 23.3. The van der Waals surface area contributed by atoms with E-state index < -0.39 is 0 Å². The molecule has 3 aromatic carbocycles. The van der Waals surface area contributed by atoms with E-state index in [4.69, 9.17) is 0 Å². The molecule has 2 aliphatic rings. The molecule has 1 N–H and O–H groups in total. The third-order valence-corrected chi connectivity index (χ3v) is 5.74. The van der Waals surface area contributed by atoms with Crippen LogP contribution in [0.1, 0.15) is 12.0 Å². The Labute approximate surface area is 159 Å². The quantitative estimate of drug-likeness (QED) is 0.732. The lowest BCUT2D eigenvalue weighted by Gasteiger charge is -2.48. The third kappa shape index (κ3) is 3.01. The molecule has 0 bridgehead atoms. The summed E-state index contributed by atoms with van der Waals surface area (Å²) in [6.45, 7) is 2.66.